The Morgan fingerprint density at radius 1 is 0.736 bits per heavy atom. The van der Waals surface area contributed by atoms with E-state index in [0.717, 1.165) is 49.9 Å². The molecule has 2 aromatic carbocycles. The molecule has 16 heteroatoms. The minimum Gasteiger partial charge on any atom is -0.463 e. The Kier molecular flexibility index (Phi) is 13.2. The monoisotopic (exact) mass is 739 g/mol. The van der Waals surface area contributed by atoms with Crippen LogP contribution in [0.5, 0.6) is 0 Å². The lowest BCUT2D eigenvalue weighted by atomic mass is 9.95. The van der Waals surface area contributed by atoms with Crippen molar-refractivity contribution in [3.63, 3.8) is 0 Å². The van der Waals surface area contributed by atoms with E-state index >= 15 is 0 Å². The minimum absolute atomic E-state index is 0.0633. The molecular formula is C37H45N3O13. The van der Waals surface area contributed by atoms with Crippen molar-refractivity contribution in [1.82, 2.24) is 16.0 Å². The maximum atomic E-state index is 13.6. The number of amides is 3. The quantitative estimate of drug-likeness (QED) is 0.211. The topological polar surface area (TPSA) is 211 Å². The first-order valence-corrected chi connectivity index (χ1v) is 17.0. The van der Waals surface area contributed by atoms with Crippen LogP contribution in [0.4, 0.5) is 4.79 Å². The van der Waals surface area contributed by atoms with Gasteiger partial charge < -0.3 is 44.4 Å². The van der Waals surface area contributed by atoms with Gasteiger partial charge in [-0.1, -0.05) is 48.5 Å². The first-order chi connectivity index (χ1) is 24.9. The number of carbonyl (C=O) groups excluding carboxylic acids is 7. The van der Waals surface area contributed by atoms with Gasteiger partial charge in [-0.15, -0.1) is 0 Å². The summed E-state index contributed by atoms with van der Waals surface area (Å²) in [5, 5.41) is 7.52. The molecule has 1 aliphatic heterocycles. The predicted octanol–water partition coefficient (Wildman–Crippen LogP) is 2.40. The van der Waals surface area contributed by atoms with E-state index in [-0.39, 0.29) is 12.5 Å². The normalized spacial score (nSPS) is 21.1. The highest BCUT2D eigenvalue weighted by atomic mass is 16.6. The van der Waals surface area contributed by atoms with Crippen molar-refractivity contribution in [3.8, 4) is 11.1 Å². The summed E-state index contributed by atoms with van der Waals surface area (Å²) in [5.41, 5.74) is 2.99. The van der Waals surface area contributed by atoms with Gasteiger partial charge in [0.2, 0.25) is 11.8 Å². The second-order valence-corrected chi connectivity index (χ2v) is 13.6. The fourth-order valence-electron chi connectivity index (χ4n) is 6.21. The molecule has 0 spiro atoms. The Labute approximate surface area is 306 Å². The van der Waals surface area contributed by atoms with Gasteiger partial charge >= 0.3 is 30.0 Å². The van der Waals surface area contributed by atoms with E-state index in [1.54, 1.807) is 20.8 Å². The fourth-order valence-corrected chi connectivity index (χ4v) is 6.21. The highest BCUT2D eigenvalue weighted by Gasteiger charge is 2.51. The molecule has 286 valence electrons. The van der Waals surface area contributed by atoms with Crippen molar-refractivity contribution < 1.29 is 62.0 Å². The molecule has 2 aliphatic rings. The van der Waals surface area contributed by atoms with Crippen molar-refractivity contribution in [2.75, 3.05) is 13.2 Å². The summed E-state index contributed by atoms with van der Waals surface area (Å²) in [7, 11) is 0. The van der Waals surface area contributed by atoms with Crippen molar-refractivity contribution in [2.45, 2.75) is 103 Å². The lowest BCUT2D eigenvalue weighted by Crippen LogP contribution is -2.69. The van der Waals surface area contributed by atoms with Crippen LogP contribution in [0, 0.1) is 0 Å². The van der Waals surface area contributed by atoms with Crippen molar-refractivity contribution >= 4 is 41.8 Å². The molecule has 3 amide bonds. The summed E-state index contributed by atoms with van der Waals surface area (Å²) in [4.78, 5) is 88.3. The van der Waals surface area contributed by atoms with Crippen LogP contribution in [0.2, 0.25) is 0 Å². The van der Waals surface area contributed by atoms with Gasteiger partial charge in [0.05, 0.1) is 6.42 Å². The molecule has 3 N–H and O–H groups in total. The largest absolute Gasteiger partial charge is 0.463 e. The summed E-state index contributed by atoms with van der Waals surface area (Å²) in [6.45, 7) is 8.75. The van der Waals surface area contributed by atoms with Crippen LogP contribution in [0.25, 0.3) is 11.1 Å². The first kappa shape index (κ1) is 40.3. The van der Waals surface area contributed by atoms with Gasteiger partial charge in [0.25, 0.3) is 0 Å². The third-order valence-corrected chi connectivity index (χ3v) is 8.14. The zero-order valence-corrected chi connectivity index (χ0v) is 30.6. The van der Waals surface area contributed by atoms with Gasteiger partial charge in [-0.2, -0.15) is 0 Å². The number of hydrogen-bond acceptors (Lipinski definition) is 13. The smallest absolute Gasteiger partial charge is 0.407 e. The van der Waals surface area contributed by atoms with Crippen LogP contribution in [0.1, 0.15) is 71.9 Å². The van der Waals surface area contributed by atoms with Gasteiger partial charge in [0, 0.05) is 33.6 Å². The van der Waals surface area contributed by atoms with E-state index in [1.165, 1.54) is 0 Å². The molecule has 4 rings (SSSR count). The molecule has 16 nitrogen and oxygen atoms in total. The van der Waals surface area contributed by atoms with E-state index in [4.69, 9.17) is 28.4 Å². The van der Waals surface area contributed by atoms with E-state index in [9.17, 15) is 33.6 Å². The number of hydrogen-bond donors (Lipinski definition) is 3. The molecule has 6 atom stereocenters. The highest BCUT2D eigenvalue weighted by Crippen LogP contribution is 2.44. The number of alkyl carbamates (subject to hydrolysis) is 1. The SMILES string of the molecule is CC(=O)N[C@@H]1[C@@H](OC(C)=O)[C@H](OC(C)=O)[C@@H](COC(C)=O)O[C@H]1NC(=O)C[C@H](NC(=O)OCC1c2ccccc2-c2ccccc21)C(=O)OC(C)(C)C. The van der Waals surface area contributed by atoms with Gasteiger partial charge in [-0.05, 0) is 43.0 Å². The Morgan fingerprint density at radius 2 is 1.30 bits per heavy atom. The maximum absolute atomic E-state index is 13.6. The third kappa shape index (κ3) is 11.0. The first-order valence-electron chi connectivity index (χ1n) is 17.0. The van der Waals surface area contributed by atoms with Crippen LogP contribution >= 0.6 is 0 Å². The van der Waals surface area contributed by atoms with Crippen LogP contribution in [0.15, 0.2) is 48.5 Å². The molecule has 0 bridgehead atoms. The summed E-state index contributed by atoms with van der Waals surface area (Å²) in [5.74, 6) is -5.04. The molecule has 0 aromatic heterocycles. The molecule has 1 heterocycles. The molecular weight excluding hydrogens is 694 g/mol. The van der Waals surface area contributed by atoms with E-state index in [0.29, 0.717) is 0 Å². The van der Waals surface area contributed by atoms with E-state index in [1.807, 2.05) is 48.5 Å². The molecule has 0 unspecified atom stereocenters. The van der Waals surface area contributed by atoms with Crippen LogP contribution in [-0.4, -0.2) is 97.2 Å². The Morgan fingerprint density at radius 3 is 1.83 bits per heavy atom. The second-order valence-electron chi connectivity index (χ2n) is 13.6. The van der Waals surface area contributed by atoms with E-state index in [2.05, 4.69) is 16.0 Å². The zero-order chi connectivity index (χ0) is 39.0. The Balaban J connectivity index is 1.54. The second kappa shape index (κ2) is 17.3. The maximum Gasteiger partial charge on any atom is 0.407 e. The van der Waals surface area contributed by atoms with Gasteiger partial charge in [-0.25, -0.2) is 9.59 Å². The fraction of sp³-hybridized carbons (Fsp3) is 0.486. The molecule has 0 radical (unpaired) electrons. The molecule has 2 aromatic rings. The van der Waals surface area contributed by atoms with Crippen molar-refractivity contribution in [3.05, 3.63) is 59.7 Å². The zero-order valence-electron chi connectivity index (χ0n) is 30.6. The molecule has 1 saturated heterocycles. The number of benzene rings is 2. The number of nitrogens with one attached hydrogen (secondary N) is 3. The van der Waals surface area contributed by atoms with Crippen molar-refractivity contribution in [1.29, 1.82) is 0 Å². The number of rotatable bonds is 12. The summed E-state index contributed by atoms with van der Waals surface area (Å²) in [6, 6.07) is 12.6. The average Bonchev–Trinajstić information content (AvgIpc) is 3.37. The minimum atomic E-state index is -1.55. The number of carbonyl (C=O) groups is 7. The van der Waals surface area contributed by atoms with Gasteiger partial charge in [-0.3, -0.25) is 24.0 Å². The summed E-state index contributed by atoms with van der Waals surface area (Å²) in [6.07, 6.45) is -7.27. The molecule has 1 fully saturated rings. The average molecular weight is 740 g/mol. The van der Waals surface area contributed by atoms with Crippen LogP contribution in [-0.2, 0) is 57.2 Å². The molecule has 53 heavy (non-hydrogen) atoms. The summed E-state index contributed by atoms with van der Waals surface area (Å²) < 4.78 is 33.0. The standard InChI is InChI=1S/C37H45N3O13/c1-19(41)38-31-33(51-22(4)44)32(50-21(3)43)29(18-48-20(2)42)52-34(31)40-30(45)16-28(35(46)53-37(5,6)7)39-36(47)49-17-27-25-14-10-8-12-23(25)24-13-9-11-15-26(24)27/h8-15,27-29,31-34H,16-18H2,1-7H3,(H,38,41)(H,39,47)(H,40,45)/t28-,29+,31+,32+,33+,34+/m0/s1. The van der Waals surface area contributed by atoms with E-state index < -0.39 is 97.0 Å². The Bertz CT molecular complexity index is 1680. The lowest BCUT2D eigenvalue weighted by molar-refractivity contribution is -0.228. The Hall–Kier alpha value is -5.51. The predicted molar refractivity (Wildman–Crippen MR) is 185 cm³/mol. The number of fused-ring (bicyclic) bond motifs is 3. The van der Waals surface area contributed by atoms with Gasteiger partial charge in [0.1, 0.15) is 37.0 Å². The van der Waals surface area contributed by atoms with Gasteiger partial charge in [0.15, 0.2) is 18.4 Å². The highest BCUT2D eigenvalue weighted by molar-refractivity contribution is 5.88. The third-order valence-electron chi connectivity index (χ3n) is 8.14. The number of ether oxygens (including phenoxy) is 6. The van der Waals surface area contributed by atoms with Crippen molar-refractivity contribution in [2.24, 2.45) is 0 Å². The molecule has 1 aliphatic carbocycles. The lowest BCUT2D eigenvalue weighted by Gasteiger charge is -2.45. The van der Waals surface area contributed by atoms with Crippen LogP contribution < -0.4 is 16.0 Å². The molecule has 0 saturated carbocycles. The summed E-state index contributed by atoms with van der Waals surface area (Å²) >= 11 is 0. The number of esters is 4. The van der Waals surface area contributed by atoms with Crippen LogP contribution in [0.3, 0.4) is 0 Å².